The molecule has 22 heavy (non-hydrogen) atoms. The summed E-state index contributed by atoms with van der Waals surface area (Å²) in [5.41, 5.74) is 0. The van der Waals surface area contributed by atoms with Gasteiger partial charge in [-0.15, -0.1) is 0 Å². The number of thiophene rings is 1. The van der Waals surface area contributed by atoms with Gasteiger partial charge in [0.2, 0.25) is 0 Å². The van der Waals surface area contributed by atoms with Crippen molar-refractivity contribution in [3.8, 4) is 0 Å². The van der Waals surface area contributed by atoms with Gasteiger partial charge in [0.1, 0.15) is 0 Å². The van der Waals surface area contributed by atoms with Crippen molar-refractivity contribution in [2.75, 3.05) is 6.61 Å². The third-order valence-corrected chi connectivity index (χ3v) is 21.9. The summed E-state index contributed by atoms with van der Waals surface area (Å²) in [4.78, 5) is 1.45. The average Bonchev–Trinajstić information content (AvgIpc) is 3.06. The summed E-state index contributed by atoms with van der Waals surface area (Å²) in [5.74, 6) is 0. The second kappa shape index (κ2) is 11.7. The second-order valence-electron chi connectivity index (χ2n) is 6.37. The Morgan fingerprint density at radius 2 is 1.59 bits per heavy atom. The molecular weight excluding hydrogens is 395 g/mol. The molecule has 1 N–H and O–H groups in total. The predicted octanol–water partition coefficient (Wildman–Crippen LogP) is 6.51. The first-order chi connectivity index (χ1) is 10.7. The fourth-order valence-corrected chi connectivity index (χ4v) is 22.5. The zero-order chi connectivity index (χ0) is 16.3. The van der Waals surface area contributed by atoms with Crippen LogP contribution in [-0.2, 0) is 0 Å². The Labute approximate surface area is 145 Å². The van der Waals surface area contributed by atoms with Gasteiger partial charge in [-0.1, -0.05) is 0 Å². The van der Waals surface area contributed by atoms with Crippen LogP contribution in [0.15, 0.2) is 23.6 Å². The summed E-state index contributed by atoms with van der Waals surface area (Å²) < 4.78 is 6.03. The van der Waals surface area contributed by atoms with Gasteiger partial charge in [0.05, 0.1) is 0 Å². The van der Waals surface area contributed by atoms with Gasteiger partial charge in [0, 0.05) is 0 Å². The molecular formula is C19H34OSSn. The number of hydrogen-bond donors (Lipinski definition) is 1. The van der Waals surface area contributed by atoms with E-state index in [-0.39, 0.29) is 6.61 Å². The first-order valence-corrected chi connectivity index (χ1v) is 17.5. The topological polar surface area (TPSA) is 20.2 Å². The van der Waals surface area contributed by atoms with Crippen molar-refractivity contribution in [2.45, 2.75) is 72.6 Å². The molecule has 0 fully saturated rings. The van der Waals surface area contributed by atoms with E-state index in [0.29, 0.717) is 0 Å². The van der Waals surface area contributed by atoms with Crippen LogP contribution in [0, 0.1) is 0 Å². The fraction of sp³-hybridized carbons (Fsp3) is 0.684. The van der Waals surface area contributed by atoms with Crippen molar-refractivity contribution in [3.63, 3.8) is 0 Å². The number of rotatable bonds is 12. The van der Waals surface area contributed by atoms with Crippen molar-refractivity contribution in [1.82, 2.24) is 0 Å². The predicted molar refractivity (Wildman–Crippen MR) is 104 cm³/mol. The number of unbranched alkanes of at least 4 members (excludes halogenated alkanes) is 3. The van der Waals surface area contributed by atoms with Gasteiger partial charge in [-0.25, -0.2) is 0 Å². The van der Waals surface area contributed by atoms with Gasteiger partial charge in [-0.2, -0.15) is 0 Å². The molecule has 0 amide bonds. The molecule has 0 spiro atoms. The summed E-state index contributed by atoms with van der Waals surface area (Å²) in [7, 11) is 0. The van der Waals surface area contributed by atoms with Crippen LogP contribution < -0.4 is 0 Å². The molecule has 1 nitrogen and oxygen atoms in total. The molecule has 0 saturated heterocycles. The van der Waals surface area contributed by atoms with Crippen LogP contribution in [-0.4, -0.2) is 30.1 Å². The van der Waals surface area contributed by atoms with Crippen LogP contribution in [0.1, 0.15) is 64.2 Å². The average molecular weight is 429 g/mol. The SMILES string of the molecule is CCC[CH2][Sn]([CH2]CCC)([CH2]CCC)/[C](=C/CO)c1cccs1. The van der Waals surface area contributed by atoms with Crippen LogP contribution in [0.25, 0.3) is 3.59 Å². The van der Waals surface area contributed by atoms with Crippen molar-refractivity contribution in [1.29, 1.82) is 0 Å². The zero-order valence-electron chi connectivity index (χ0n) is 14.7. The van der Waals surface area contributed by atoms with Crippen molar-refractivity contribution < 1.29 is 5.11 Å². The molecule has 0 bridgehead atoms. The Balaban J connectivity index is 3.17. The summed E-state index contributed by atoms with van der Waals surface area (Å²) in [6, 6.07) is 4.45. The molecule has 126 valence electrons. The molecule has 0 aromatic carbocycles. The molecule has 0 aliphatic rings. The zero-order valence-corrected chi connectivity index (χ0v) is 18.4. The molecule has 0 unspecified atom stereocenters. The van der Waals surface area contributed by atoms with Crippen LogP contribution in [0.4, 0.5) is 0 Å². The van der Waals surface area contributed by atoms with E-state index in [9.17, 15) is 5.11 Å². The summed E-state index contributed by atoms with van der Waals surface area (Å²) in [6.07, 6.45) is 10.2. The molecule has 1 heterocycles. The first kappa shape index (κ1) is 20.2. The normalized spacial score (nSPS) is 12.8. The molecule has 0 atom stereocenters. The van der Waals surface area contributed by atoms with Crippen LogP contribution in [0.3, 0.4) is 0 Å². The Hall–Kier alpha value is 0.199. The van der Waals surface area contributed by atoms with Gasteiger partial charge in [0.25, 0.3) is 0 Å². The molecule has 1 aromatic rings. The van der Waals surface area contributed by atoms with E-state index in [1.807, 2.05) is 11.3 Å². The van der Waals surface area contributed by atoms with E-state index >= 15 is 0 Å². The number of aliphatic hydroxyl groups excluding tert-OH is 1. The van der Waals surface area contributed by atoms with E-state index in [0.717, 1.165) is 0 Å². The van der Waals surface area contributed by atoms with Gasteiger partial charge in [-0.3, -0.25) is 0 Å². The van der Waals surface area contributed by atoms with Crippen molar-refractivity contribution >= 4 is 33.3 Å². The minimum atomic E-state index is -2.40. The summed E-state index contributed by atoms with van der Waals surface area (Å²) in [5, 5.41) is 11.8. The van der Waals surface area contributed by atoms with Gasteiger partial charge >= 0.3 is 146 Å². The molecule has 0 aliphatic carbocycles. The Morgan fingerprint density at radius 1 is 1.05 bits per heavy atom. The standard InChI is InChI=1S/C7H7OS.3C4H9.Sn/c8-5-1-3-7-4-2-6-9-7;3*1-3-4-2;/h1-2,4,6,8H,5H2;3*1,3-4H2,2H3;. The third-order valence-electron chi connectivity index (χ3n) is 4.68. The Kier molecular flexibility index (Phi) is 10.8. The van der Waals surface area contributed by atoms with E-state index in [1.54, 1.807) is 3.59 Å². The monoisotopic (exact) mass is 430 g/mol. The van der Waals surface area contributed by atoms with Crippen molar-refractivity contribution in [3.05, 3.63) is 28.5 Å². The van der Waals surface area contributed by atoms with Gasteiger partial charge in [-0.05, 0) is 0 Å². The molecule has 0 saturated carbocycles. The molecule has 1 rings (SSSR count). The summed E-state index contributed by atoms with van der Waals surface area (Å²) in [6.45, 7) is 7.15. The van der Waals surface area contributed by atoms with Gasteiger partial charge < -0.3 is 0 Å². The second-order valence-corrected chi connectivity index (χ2v) is 20.4. The first-order valence-electron chi connectivity index (χ1n) is 9.09. The van der Waals surface area contributed by atoms with Crippen LogP contribution in [0.2, 0.25) is 13.3 Å². The fourth-order valence-electron chi connectivity index (χ4n) is 3.43. The van der Waals surface area contributed by atoms with Crippen LogP contribution in [0.5, 0.6) is 0 Å². The maximum absolute atomic E-state index is 9.64. The Morgan fingerprint density at radius 3 is 1.95 bits per heavy atom. The van der Waals surface area contributed by atoms with Crippen molar-refractivity contribution in [2.24, 2.45) is 0 Å². The molecule has 1 aromatic heterocycles. The quantitative estimate of drug-likeness (QED) is 0.376. The maximum atomic E-state index is 9.64. The van der Waals surface area contributed by atoms with E-state index in [4.69, 9.17) is 0 Å². The van der Waals surface area contributed by atoms with E-state index in [2.05, 4.69) is 44.4 Å². The Bertz CT molecular complexity index is 389. The number of hydrogen-bond acceptors (Lipinski definition) is 2. The van der Waals surface area contributed by atoms with E-state index < -0.39 is 18.4 Å². The number of aliphatic hydroxyl groups is 1. The van der Waals surface area contributed by atoms with Gasteiger partial charge in [0.15, 0.2) is 0 Å². The van der Waals surface area contributed by atoms with E-state index in [1.165, 1.54) is 56.7 Å². The molecule has 3 heteroatoms. The molecule has 0 aliphatic heterocycles. The summed E-state index contributed by atoms with van der Waals surface area (Å²) >= 11 is -0.532. The van der Waals surface area contributed by atoms with Crippen LogP contribution >= 0.6 is 11.3 Å². The minimum absolute atomic E-state index is 0.205. The third kappa shape index (κ3) is 6.01. The molecule has 0 radical (unpaired) electrons.